The molecular weight excluding hydrogens is 563 g/mol. The van der Waals surface area contributed by atoms with Crippen molar-refractivity contribution < 1.29 is 22.8 Å². The van der Waals surface area contributed by atoms with E-state index in [-0.39, 0.29) is 45.6 Å². The second kappa shape index (κ2) is 11.0. The third kappa shape index (κ3) is 6.20. The minimum absolute atomic E-state index is 0.0649. The van der Waals surface area contributed by atoms with Crippen LogP contribution in [0.15, 0.2) is 42.7 Å². The molecule has 3 aromatic heterocycles. The van der Waals surface area contributed by atoms with E-state index >= 15 is 0 Å². The number of benzene rings is 1. The number of aryl methyl sites for hydroxylation is 1. The third-order valence-corrected chi connectivity index (χ3v) is 6.58. The number of carbonyl (C=O) groups excluding carboxylic acids is 2. The maximum Gasteiger partial charge on any atom is 0.436 e. The van der Waals surface area contributed by atoms with Gasteiger partial charge in [0.15, 0.2) is 11.5 Å². The first-order valence-electron chi connectivity index (χ1n) is 12.3. The number of aromatic nitrogens is 6. The molecular formula is C26H21ClF3N9O2. The number of amides is 2. The fourth-order valence-electron chi connectivity index (χ4n) is 4.06. The van der Waals surface area contributed by atoms with Crippen LogP contribution in [0.3, 0.4) is 0 Å². The second-order valence-electron chi connectivity index (χ2n) is 9.48. The average Bonchev–Trinajstić information content (AvgIpc) is 3.47. The molecule has 0 saturated heterocycles. The van der Waals surface area contributed by atoms with Gasteiger partial charge >= 0.3 is 6.18 Å². The molecule has 1 aliphatic carbocycles. The number of halogens is 4. The van der Waals surface area contributed by atoms with Crippen LogP contribution < -0.4 is 10.6 Å². The number of hydrogen-bond donors (Lipinski definition) is 2. The fraction of sp³-hybridized carbons (Fsp3) is 0.269. The monoisotopic (exact) mass is 583 g/mol. The molecule has 41 heavy (non-hydrogen) atoms. The summed E-state index contributed by atoms with van der Waals surface area (Å²) in [5.41, 5.74) is -0.0604. The zero-order chi connectivity index (χ0) is 29.3. The Hall–Kier alpha value is -4.77. The quantitative estimate of drug-likeness (QED) is 0.317. The molecule has 11 nitrogen and oxygen atoms in total. The zero-order valence-corrected chi connectivity index (χ0v) is 22.2. The van der Waals surface area contributed by atoms with Gasteiger partial charge in [-0.25, -0.2) is 14.3 Å². The molecule has 2 amide bonds. The lowest BCUT2D eigenvalue weighted by Gasteiger charge is -2.15. The molecule has 210 valence electrons. The summed E-state index contributed by atoms with van der Waals surface area (Å²) >= 11 is 6.32. The number of hydrogen-bond acceptors (Lipinski definition) is 7. The lowest BCUT2D eigenvalue weighted by molar-refractivity contribution is -0.141. The Morgan fingerprint density at radius 3 is 2.66 bits per heavy atom. The molecule has 5 rings (SSSR count). The minimum Gasteiger partial charge on any atom is -0.352 e. The predicted molar refractivity (Wildman–Crippen MR) is 139 cm³/mol. The summed E-state index contributed by atoms with van der Waals surface area (Å²) in [4.78, 5) is 30.9. The molecule has 1 aliphatic rings. The number of alkyl halides is 3. The number of carbonyl (C=O) groups is 2. The molecule has 1 saturated carbocycles. The van der Waals surface area contributed by atoms with Crippen LogP contribution in [-0.4, -0.2) is 48.1 Å². The van der Waals surface area contributed by atoms with Gasteiger partial charge in [-0.2, -0.15) is 23.5 Å². The Labute approximate surface area is 235 Å². The van der Waals surface area contributed by atoms with E-state index in [0.29, 0.717) is 18.0 Å². The molecule has 1 aromatic carbocycles. The SMILES string of the molecule is Cc1cc(C#N)cc(C(=O)NCC2CC2)c1NC(=O)c1cc(Cn2cc(C(F)(F)F)nn2)nn1-c1ncccc1Cl. The maximum absolute atomic E-state index is 13.7. The van der Waals surface area contributed by atoms with E-state index in [0.717, 1.165) is 28.4 Å². The number of pyridine rings is 1. The van der Waals surface area contributed by atoms with Gasteiger partial charge in [-0.3, -0.25) is 9.59 Å². The van der Waals surface area contributed by atoms with Gasteiger partial charge in [0.25, 0.3) is 11.8 Å². The third-order valence-electron chi connectivity index (χ3n) is 6.28. The second-order valence-corrected chi connectivity index (χ2v) is 9.88. The Balaban J connectivity index is 1.50. The molecule has 4 aromatic rings. The molecule has 0 atom stereocenters. The summed E-state index contributed by atoms with van der Waals surface area (Å²) in [6.07, 6.45) is -0.472. The standard InChI is InChI=1S/C26H21ClF3N9O2/c1-14-7-16(10-31)8-18(24(40)33-11-15-4-5-15)22(14)34-25(41)20-9-17(12-38-13-21(35-37-38)26(28,29)30)36-39(20)23-19(27)3-2-6-32-23/h2-3,6-9,13,15H,4-5,11-12H2,1H3,(H,33,40)(H,34,41). The van der Waals surface area contributed by atoms with Gasteiger partial charge in [-0.15, -0.1) is 5.10 Å². The van der Waals surface area contributed by atoms with Crippen molar-refractivity contribution in [3.05, 3.63) is 81.5 Å². The van der Waals surface area contributed by atoms with Crippen LogP contribution in [0.4, 0.5) is 18.9 Å². The van der Waals surface area contributed by atoms with Crippen molar-refractivity contribution in [2.24, 2.45) is 5.92 Å². The molecule has 3 heterocycles. The van der Waals surface area contributed by atoms with Gasteiger partial charge in [0.2, 0.25) is 0 Å². The van der Waals surface area contributed by atoms with Crippen molar-refractivity contribution in [1.82, 2.24) is 35.1 Å². The first-order chi connectivity index (χ1) is 19.5. The summed E-state index contributed by atoms with van der Waals surface area (Å²) in [5, 5.41) is 26.2. The number of nitriles is 1. The highest BCUT2D eigenvalue weighted by Gasteiger charge is 2.34. The summed E-state index contributed by atoms with van der Waals surface area (Å²) < 4.78 is 41.1. The summed E-state index contributed by atoms with van der Waals surface area (Å²) in [5.74, 6) is -0.644. The van der Waals surface area contributed by atoms with Crippen LogP contribution >= 0.6 is 11.6 Å². The van der Waals surface area contributed by atoms with Gasteiger partial charge < -0.3 is 10.6 Å². The van der Waals surface area contributed by atoms with Crippen LogP contribution in [0.5, 0.6) is 0 Å². The van der Waals surface area contributed by atoms with E-state index < -0.39 is 23.7 Å². The molecule has 0 spiro atoms. The summed E-state index contributed by atoms with van der Waals surface area (Å²) in [7, 11) is 0. The highest BCUT2D eigenvalue weighted by Crippen LogP contribution is 2.29. The van der Waals surface area contributed by atoms with Gasteiger partial charge in [-0.05, 0) is 61.6 Å². The van der Waals surface area contributed by atoms with E-state index in [1.165, 1.54) is 30.5 Å². The van der Waals surface area contributed by atoms with Crippen LogP contribution in [0, 0.1) is 24.2 Å². The highest BCUT2D eigenvalue weighted by atomic mass is 35.5. The van der Waals surface area contributed by atoms with Gasteiger partial charge in [0, 0.05) is 12.7 Å². The summed E-state index contributed by atoms with van der Waals surface area (Å²) in [6.45, 7) is 1.88. The van der Waals surface area contributed by atoms with Crippen LogP contribution in [-0.2, 0) is 12.7 Å². The van der Waals surface area contributed by atoms with Crippen molar-refractivity contribution in [1.29, 1.82) is 5.26 Å². The highest BCUT2D eigenvalue weighted by molar-refractivity contribution is 6.32. The van der Waals surface area contributed by atoms with E-state index in [4.69, 9.17) is 11.6 Å². The van der Waals surface area contributed by atoms with Crippen LogP contribution in [0.1, 0.15) is 56.2 Å². The molecule has 0 radical (unpaired) electrons. The zero-order valence-electron chi connectivity index (χ0n) is 21.4. The number of nitrogens with one attached hydrogen (secondary N) is 2. The number of nitrogens with zero attached hydrogens (tertiary/aromatic N) is 7. The Morgan fingerprint density at radius 1 is 1.22 bits per heavy atom. The number of anilines is 1. The Bertz CT molecular complexity index is 1690. The van der Waals surface area contributed by atoms with Gasteiger partial charge in [-0.1, -0.05) is 16.8 Å². The maximum atomic E-state index is 13.7. The van der Waals surface area contributed by atoms with Crippen molar-refractivity contribution in [3.8, 4) is 11.9 Å². The molecule has 1 fully saturated rings. The Kier molecular flexibility index (Phi) is 7.46. The van der Waals surface area contributed by atoms with Crippen molar-refractivity contribution in [3.63, 3.8) is 0 Å². The van der Waals surface area contributed by atoms with E-state index in [2.05, 4.69) is 31.0 Å². The normalized spacial score (nSPS) is 13.1. The lowest BCUT2D eigenvalue weighted by atomic mass is 10.0. The van der Waals surface area contributed by atoms with E-state index in [9.17, 15) is 28.0 Å². The molecule has 0 aliphatic heterocycles. The Morgan fingerprint density at radius 2 is 2.00 bits per heavy atom. The molecule has 0 unspecified atom stereocenters. The van der Waals surface area contributed by atoms with Crippen molar-refractivity contribution >= 4 is 29.1 Å². The van der Waals surface area contributed by atoms with Gasteiger partial charge in [0.1, 0.15) is 5.69 Å². The van der Waals surface area contributed by atoms with Crippen LogP contribution in [0.2, 0.25) is 5.02 Å². The fourth-order valence-corrected chi connectivity index (χ4v) is 4.27. The average molecular weight is 584 g/mol. The molecule has 15 heteroatoms. The predicted octanol–water partition coefficient (Wildman–Crippen LogP) is 4.15. The largest absolute Gasteiger partial charge is 0.436 e. The van der Waals surface area contributed by atoms with Gasteiger partial charge in [0.05, 0.1) is 46.3 Å². The smallest absolute Gasteiger partial charge is 0.352 e. The van der Waals surface area contributed by atoms with Crippen molar-refractivity contribution in [2.45, 2.75) is 32.5 Å². The first kappa shape index (κ1) is 27.8. The summed E-state index contributed by atoms with van der Waals surface area (Å²) in [6, 6.07) is 9.41. The topological polar surface area (TPSA) is 143 Å². The minimum atomic E-state index is -4.67. The molecule has 2 N–H and O–H groups in total. The van der Waals surface area contributed by atoms with Crippen LogP contribution in [0.25, 0.3) is 5.82 Å². The van der Waals surface area contributed by atoms with E-state index in [1.54, 1.807) is 13.0 Å². The molecule has 0 bridgehead atoms. The first-order valence-corrected chi connectivity index (χ1v) is 12.7. The lowest BCUT2D eigenvalue weighted by Crippen LogP contribution is -2.28. The van der Waals surface area contributed by atoms with Crippen molar-refractivity contribution in [2.75, 3.05) is 11.9 Å². The van der Waals surface area contributed by atoms with E-state index in [1.807, 2.05) is 6.07 Å². The number of rotatable bonds is 8.